The molecule has 20 heteroatoms. The molecule has 20 nitrogen and oxygen atoms in total. The molecule has 0 radical (unpaired) electrons. The predicted molar refractivity (Wildman–Crippen MR) is 237 cm³/mol. The van der Waals surface area contributed by atoms with E-state index in [4.69, 9.17) is 4.98 Å². The lowest BCUT2D eigenvalue weighted by molar-refractivity contribution is -0.136. The highest BCUT2D eigenvalue weighted by molar-refractivity contribution is 6.23. The van der Waals surface area contributed by atoms with Crippen LogP contribution >= 0.6 is 0 Å². The lowest BCUT2D eigenvalue weighted by Crippen LogP contribution is -2.54. The van der Waals surface area contributed by atoms with E-state index in [-0.39, 0.29) is 24.8 Å². The number of hydrogen-bond acceptors (Lipinski definition) is 15. The number of H-pyrrole nitrogens is 1. The summed E-state index contributed by atoms with van der Waals surface area (Å²) in [7, 11) is 1.84. The number of nitrogens with one attached hydrogen (secondary N) is 3. The van der Waals surface area contributed by atoms with Crippen molar-refractivity contribution in [2.24, 2.45) is 0 Å². The van der Waals surface area contributed by atoms with Crippen molar-refractivity contribution in [3.63, 3.8) is 0 Å². The van der Waals surface area contributed by atoms with Crippen LogP contribution in [0.2, 0.25) is 0 Å². The van der Waals surface area contributed by atoms with Gasteiger partial charge >= 0.3 is 0 Å². The number of anilines is 4. The van der Waals surface area contributed by atoms with E-state index < -0.39 is 29.7 Å². The van der Waals surface area contributed by atoms with Gasteiger partial charge < -0.3 is 20.0 Å². The number of carbonyl (C=O) groups excluding carboxylic acids is 5. The summed E-state index contributed by atoms with van der Waals surface area (Å²) in [5.41, 5.74) is 6.09. The fraction of sp³-hybridized carbons (Fsp3) is 0.409. The number of hydrogen-bond donors (Lipinski definition) is 3. The molecule has 3 N–H and O–H groups in total. The second-order valence-electron chi connectivity index (χ2n) is 17.0. The number of pyridine rings is 1. The number of fused-ring (bicyclic) bond motifs is 3. The zero-order valence-corrected chi connectivity index (χ0v) is 36.0. The van der Waals surface area contributed by atoms with Crippen LogP contribution in [0.4, 0.5) is 23.1 Å². The summed E-state index contributed by atoms with van der Waals surface area (Å²) in [6.07, 6.45) is 3.11. The lowest BCUT2D eigenvalue weighted by atomic mass is 10.0. The van der Waals surface area contributed by atoms with Crippen molar-refractivity contribution in [3.05, 3.63) is 77.1 Å². The second-order valence-corrected chi connectivity index (χ2v) is 17.0. The number of piperazine rings is 2. The molecule has 5 amide bonds. The number of carbonyl (C=O) groups is 5. The number of tetrazole rings is 1. The van der Waals surface area contributed by atoms with E-state index in [1.165, 1.54) is 0 Å². The SMILES string of the molecule is CC1=C(C(=O)Nc2ccc3[nH]nc(-c4ccnc(N5CCN(CCCN6CCN(c7ccc8c(c7)C(=O)N(C7CCC(=O)NC7=O)C8=O)CC6)CC5)c4)c3c2)C(C)n2nnnc2N1C. The lowest BCUT2D eigenvalue weighted by Gasteiger charge is -2.37. The minimum absolute atomic E-state index is 0.0909. The van der Waals surface area contributed by atoms with Gasteiger partial charge in [-0.2, -0.15) is 5.10 Å². The third-order valence-electron chi connectivity index (χ3n) is 13.3. The van der Waals surface area contributed by atoms with Crippen LogP contribution < -0.4 is 25.3 Å². The summed E-state index contributed by atoms with van der Waals surface area (Å²) in [5.74, 6) is -0.700. The fourth-order valence-corrected chi connectivity index (χ4v) is 9.62. The zero-order chi connectivity index (χ0) is 44.2. The Hall–Kier alpha value is -7.06. The molecule has 3 fully saturated rings. The number of aromatic amines is 1. The number of imide groups is 2. The van der Waals surface area contributed by atoms with Crippen molar-refractivity contribution in [2.75, 3.05) is 92.5 Å². The Kier molecular flexibility index (Phi) is 10.6. The van der Waals surface area contributed by atoms with Gasteiger partial charge in [0, 0.05) is 100 Å². The molecule has 0 aliphatic carbocycles. The van der Waals surface area contributed by atoms with Crippen LogP contribution in [0.1, 0.15) is 59.9 Å². The Morgan fingerprint density at radius 2 is 1.59 bits per heavy atom. The summed E-state index contributed by atoms with van der Waals surface area (Å²) in [6, 6.07) is 13.8. The quantitative estimate of drug-likeness (QED) is 0.172. The average Bonchev–Trinajstić information content (AvgIpc) is 4.03. The molecule has 5 aromatic rings. The number of nitrogens with zero attached hydrogens (tertiary/aromatic N) is 12. The molecule has 0 saturated carbocycles. The van der Waals surface area contributed by atoms with Crippen molar-refractivity contribution in [1.29, 1.82) is 0 Å². The van der Waals surface area contributed by atoms with Gasteiger partial charge in [-0.05, 0) is 98.7 Å². The summed E-state index contributed by atoms with van der Waals surface area (Å²) in [6.45, 7) is 12.8. The zero-order valence-electron chi connectivity index (χ0n) is 36.0. The number of allylic oxidation sites excluding steroid dienone is 1. The Morgan fingerprint density at radius 1 is 0.859 bits per heavy atom. The number of benzene rings is 2. The molecular formula is C44H49N15O5. The molecule has 10 rings (SSSR count). The maximum Gasteiger partial charge on any atom is 0.262 e. The highest BCUT2D eigenvalue weighted by Gasteiger charge is 2.45. The molecule has 330 valence electrons. The van der Waals surface area contributed by atoms with Crippen LogP contribution in [-0.4, -0.2) is 158 Å². The van der Waals surface area contributed by atoms with E-state index in [2.05, 4.69) is 62.0 Å². The minimum Gasteiger partial charge on any atom is -0.369 e. The summed E-state index contributed by atoms with van der Waals surface area (Å²) in [5, 5.41) is 26.0. The third kappa shape index (κ3) is 7.40. The van der Waals surface area contributed by atoms with Gasteiger partial charge in [-0.15, -0.1) is 0 Å². The Morgan fingerprint density at radius 3 is 2.34 bits per heavy atom. The predicted octanol–water partition coefficient (Wildman–Crippen LogP) is 2.27. The molecule has 0 bridgehead atoms. The van der Waals surface area contributed by atoms with E-state index in [1.807, 2.05) is 62.3 Å². The van der Waals surface area contributed by atoms with Crippen molar-refractivity contribution in [1.82, 2.24) is 55.4 Å². The number of piperidine rings is 1. The van der Waals surface area contributed by atoms with Crippen LogP contribution in [0.25, 0.3) is 22.2 Å². The topological polar surface area (TPSA) is 214 Å². The number of rotatable bonds is 10. The monoisotopic (exact) mass is 867 g/mol. The number of aromatic nitrogens is 7. The first-order chi connectivity index (χ1) is 31.0. The molecule has 2 unspecified atom stereocenters. The molecule has 64 heavy (non-hydrogen) atoms. The van der Waals surface area contributed by atoms with Crippen molar-refractivity contribution in [2.45, 2.75) is 45.2 Å². The molecule has 5 aliphatic heterocycles. The van der Waals surface area contributed by atoms with Crippen LogP contribution in [0.5, 0.6) is 0 Å². The minimum atomic E-state index is -0.974. The maximum absolute atomic E-state index is 13.7. The first-order valence-corrected chi connectivity index (χ1v) is 21.8. The smallest absolute Gasteiger partial charge is 0.262 e. The second kappa shape index (κ2) is 16.6. The van der Waals surface area contributed by atoms with Crippen molar-refractivity contribution >= 4 is 63.6 Å². The van der Waals surface area contributed by atoms with Gasteiger partial charge in [-0.3, -0.25) is 49.1 Å². The van der Waals surface area contributed by atoms with Crippen LogP contribution in [0, 0.1) is 0 Å². The Labute approximate surface area is 368 Å². The van der Waals surface area contributed by atoms with Gasteiger partial charge in [0.15, 0.2) is 0 Å². The van der Waals surface area contributed by atoms with Gasteiger partial charge in [0.2, 0.25) is 17.8 Å². The van der Waals surface area contributed by atoms with Crippen molar-refractivity contribution < 1.29 is 24.0 Å². The average molecular weight is 868 g/mol. The fourth-order valence-electron chi connectivity index (χ4n) is 9.62. The van der Waals surface area contributed by atoms with E-state index in [0.717, 1.165) is 116 Å². The van der Waals surface area contributed by atoms with E-state index in [1.54, 1.807) is 16.8 Å². The highest BCUT2D eigenvalue weighted by atomic mass is 16.2. The molecule has 5 aliphatic rings. The van der Waals surface area contributed by atoms with Gasteiger partial charge in [-0.1, -0.05) is 5.10 Å². The number of amides is 5. The van der Waals surface area contributed by atoms with E-state index >= 15 is 0 Å². The molecule has 0 spiro atoms. The molecular weight excluding hydrogens is 819 g/mol. The van der Waals surface area contributed by atoms with Gasteiger partial charge in [0.25, 0.3) is 17.7 Å². The van der Waals surface area contributed by atoms with Crippen LogP contribution in [0.3, 0.4) is 0 Å². The normalized spacial score (nSPS) is 20.9. The molecule has 8 heterocycles. The Balaban J connectivity index is 0.699. The van der Waals surface area contributed by atoms with E-state index in [0.29, 0.717) is 28.3 Å². The van der Waals surface area contributed by atoms with Gasteiger partial charge in [0.1, 0.15) is 17.6 Å². The first-order valence-electron chi connectivity index (χ1n) is 21.8. The largest absolute Gasteiger partial charge is 0.369 e. The third-order valence-corrected chi connectivity index (χ3v) is 13.3. The van der Waals surface area contributed by atoms with Gasteiger partial charge in [0.05, 0.1) is 28.3 Å². The maximum atomic E-state index is 13.7. The van der Waals surface area contributed by atoms with Crippen molar-refractivity contribution in [3.8, 4) is 11.3 Å². The summed E-state index contributed by atoms with van der Waals surface area (Å²) < 4.78 is 1.64. The molecule has 3 aromatic heterocycles. The van der Waals surface area contributed by atoms with Crippen LogP contribution in [-0.2, 0) is 14.4 Å². The van der Waals surface area contributed by atoms with Crippen LogP contribution in [0.15, 0.2) is 66.0 Å². The summed E-state index contributed by atoms with van der Waals surface area (Å²) >= 11 is 0. The van der Waals surface area contributed by atoms with Gasteiger partial charge in [-0.25, -0.2) is 9.67 Å². The highest BCUT2D eigenvalue weighted by Crippen LogP contribution is 2.35. The molecule has 2 atom stereocenters. The Bertz CT molecular complexity index is 2730. The molecule has 2 aromatic carbocycles. The summed E-state index contributed by atoms with van der Waals surface area (Å²) in [4.78, 5) is 81.4. The first kappa shape index (κ1) is 41.0. The standard InChI is InChI=1S/C44H49N15O5/c1-26-38(27(2)59-44(53(26)3)50-51-52-59)41(62)46-29-5-8-34-33(24-29)39(49-48-34)28-11-12-45-36(23-28)57-21-17-55(18-22-57)14-4-13-54-15-19-56(20-16-54)30-6-7-31-32(25-30)43(64)58(42(31)63)35-9-10-37(60)47-40(35)61/h5-8,11-12,23-25,27,35H,4,9-10,13-22H2,1-3H3,(H,46,62)(H,48,49)(H,47,60,61). The molecule has 3 saturated heterocycles. The van der Waals surface area contributed by atoms with E-state index in [9.17, 15) is 24.0 Å².